The average Bonchev–Trinajstić information content (AvgIpc) is 2.88. The van der Waals surface area contributed by atoms with E-state index in [4.69, 9.17) is 5.11 Å². The number of amides is 1. The van der Waals surface area contributed by atoms with Gasteiger partial charge in [-0.25, -0.2) is 4.79 Å². The Morgan fingerprint density at radius 3 is 2.58 bits per heavy atom. The molecule has 0 radical (unpaired) electrons. The van der Waals surface area contributed by atoms with Crippen LogP contribution in [0.3, 0.4) is 0 Å². The van der Waals surface area contributed by atoms with Crippen molar-refractivity contribution in [2.45, 2.75) is 6.42 Å². The van der Waals surface area contributed by atoms with E-state index < -0.39 is 5.97 Å². The van der Waals surface area contributed by atoms with Crippen LogP contribution in [0.4, 0.5) is 5.82 Å². The Hall–Kier alpha value is -2.96. The molecule has 2 aromatic rings. The summed E-state index contributed by atoms with van der Waals surface area (Å²) in [6.07, 6.45) is 2.45. The first-order valence-electron chi connectivity index (χ1n) is 7.80. The van der Waals surface area contributed by atoms with Crippen molar-refractivity contribution in [3.05, 3.63) is 53.7 Å². The molecule has 1 aromatic carbocycles. The molecule has 1 aromatic heterocycles. The summed E-state index contributed by atoms with van der Waals surface area (Å²) in [4.78, 5) is 27.6. The number of rotatable bonds is 3. The van der Waals surface area contributed by atoms with E-state index in [1.54, 1.807) is 23.2 Å². The Morgan fingerprint density at radius 1 is 1.00 bits per heavy atom. The zero-order chi connectivity index (χ0) is 16.9. The Morgan fingerprint density at radius 2 is 1.83 bits per heavy atom. The lowest BCUT2D eigenvalue weighted by atomic mass is 10.1. The Kier molecular flexibility index (Phi) is 4.69. The minimum atomic E-state index is -1.03. The summed E-state index contributed by atoms with van der Waals surface area (Å²) >= 11 is 0. The van der Waals surface area contributed by atoms with Crippen LogP contribution in [0, 0.1) is 0 Å². The number of anilines is 1. The number of carbonyl (C=O) groups excluding carboxylic acids is 1. The van der Waals surface area contributed by atoms with Crippen molar-refractivity contribution in [3.63, 3.8) is 0 Å². The van der Waals surface area contributed by atoms with E-state index in [2.05, 4.69) is 15.1 Å². The van der Waals surface area contributed by atoms with Crippen molar-refractivity contribution in [3.8, 4) is 0 Å². The van der Waals surface area contributed by atoms with Crippen LogP contribution in [0.1, 0.15) is 27.1 Å². The molecular weight excluding hydrogens is 308 g/mol. The molecule has 3 rings (SSSR count). The third kappa shape index (κ3) is 3.51. The molecule has 24 heavy (non-hydrogen) atoms. The fourth-order valence-electron chi connectivity index (χ4n) is 2.78. The van der Waals surface area contributed by atoms with Crippen molar-refractivity contribution in [1.82, 2.24) is 15.1 Å². The number of carboxylic acid groups (broad SMARTS) is 1. The second-order valence-electron chi connectivity index (χ2n) is 5.60. The van der Waals surface area contributed by atoms with E-state index >= 15 is 0 Å². The van der Waals surface area contributed by atoms with Gasteiger partial charge in [0.2, 0.25) is 0 Å². The van der Waals surface area contributed by atoms with Gasteiger partial charge in [-0.05, 0) is 36.8 Å². The predicted octanol–water partition coefficient (Wildman–Crippen LogP) is 1.53. The van der Waals surface area contributed by atoms with E-state index in [1.165, 1.54) is 12.1 Å². The molecule has 0 aliphatic carbocycles. The van der Waals surface area contributed by atoms with Gasteiger partial charge in [-0.15, -0.1) is 5.10 Å². The SMILES string of the molecule is O=C(O)c1cccc(C(=O)N2CCCN(c3cccnn3)CC2)c1. The van der Waals surface area contributed by atoms with Gasteiger partial charge in [-0.1, -0.05) is 6.07 Å². The largest absolute Gasteiger partial charge is 0.478 e. The highest BCUT2D eigenvalue weighted by atomic mass is 16.4. The topological polar surface area (TPSA) is 86.6 Å². The number of benzene rings is 1. The number of hydrogen-bond donors (Lipinski definition) is 1. The minimum absolute atomic E-state index is 0.122. The van der Waals surface area contributed by atoms with Crippen molar-refractivity contribution in [2.24, 2.45) is 0 Å². The van der Waals surface area contributed by atoms with Gasteiger partial charge < -0.3 is 14.9 Å². The van der Waals surface area contributed by atoms with Gasteiger partial charge in [0.1, 0.15) is 0 Å². The first kappa shape index (κ1) is 15.9. The molecular formula is C17H18N4O3. The number of hydrogen-bond acceptors (Lipinski definition) is 5. The van der Waals surface area contributed by atoms with Gasteiger partial charge in [0.05, 0.1) is 5.56 Å². The molecule has 2 heterocycles. The Labute approximate surface area is 139 Å². The van der Waals surface area contributed by atoms with Crippen LogP contribution >= 0.6 is 0 Å². The lowest BCUT2D eigenvalue weighted by Gasteiger charge is -2.22. The fraction of sp³-hybridized carbons (Fsp3) is 0.294. The molecule has 1 saturated heterocycles. The number of carboxylic acids is 1. The molecule has 7 heteroatoms. The zero-order valence-electron chi connectivity index (χ0n) is 13.1. The molecule has 7 nitrogen and oxygen atoms in total. The minimum Gasteiger partial charge on any atom is -0.478 e. The van der Waals surface area contributed by atoms with E-state index in [-0.39, 0.29) is 11.5 Å². The quantitative estimate of drug-likeness (QED) is 0.920. The number of nitrogens with zero attached hydrogens (tertiary/aromatic N) is 4. The van der Waals surface area contributed by atoms with E-state index in [1.807, 2.05) is 12.1 Å². The van der Waals surface area contributed by atoms with Crippen molar-refractivity contribution >= 4 is 17.7 Å². The summed E-state index contributed by atoms with van der Waals surface area (Å²) in [5.41, 5.74) is 0.528. The molecule has 1 N–H and O–H groups in total. The molecule has 0 unspecified atom stereocenters. The van der Waals surface area contributed by atoms with Crippen LogP contribution in [0.25, 0.3) is 0 Å². The van der Waals surface area contributed by atoms with Crippen molar-refractivity contribution < 1.29 is 14.7 Å². The molecule has 0 bridgehead atoms. The van der Waals surface area contributed by atoms with Gasteiger partial charge in [0.15, 0.2) is 5.82 Å². The number of aromatic carboxylic acids is 1. The normalized spacial score (nSPS) is 15.0. The standard InChI is InChI=1S/C17H18N4O3/c22-16(13-4-1-5-14(12-13)17(23)24)21-9-3-8-20(10-11-21)15-6-2-7-18-19-15/h1-2,4-7,12H,3,8-11H2,(H,23,24). The Balaban J connectivity index is 1.71. The monoisotopic (exact) mass is 326 g/mol. The lowest BCUT2D eigenvalue weighted by Crippen LogP contribution is -2.35. The zero-order valence-corrected chi connectivity index (χ0v) is 13.1. The van der Waals surface area contributed by atoms with Crippen LogP contribution in [0.15, 0.2) is 42.6 Å². The molecule has 124 valence electrons. The number of carbonyl (C=O) groups is 2. The highest BCUT2D eigenvalue weighted by Crippen LogP contribution is 2.15. The van der Waals surface area contributed by atoms with Crippen molar-refractivity contribution in [1.29, 1.82) is 0 Å². The maximum atomic E-state index is 12.7. The first-order chi connectivity index (χ1) is 11.6. The maximum Gasteiger partial charge on any atom is 0.335 e. The summed E-state index contributed by atoms with van der Waals surface area (Å²) in [5.74, 6) is -0.367. The second kappa shape index (κ2) is 7.08. The Bertz CT molecular complexity index is 736. The van der Waals surface area contributed by atoms with Crippen LogP contribution < -0.4 is 4.90 Å². The summed E-state index contributed by atoms with van der Waals surface area (Å²) in [6.45, 7) is 2.67. The maximum absolute atomic E-state index is 12.7. The third-order valence-electron chi connectivity index (χ3n) is 4.02. The molecule has 1 fully saturated rings. The van der Waals surface area contributed by atoms with E-state index in [0.29, 0.717) is 25.2 Å². The van der Waals surface area contributed by atoms with Gasteiger partial charge in [0, 0.05) is 37.9 Å². The molecule has 0 spiro atoms. The second-order valence-corrected chi connectivity index (χ2v) is 5.60. The van der Waals surface area contributed by atoms with Crippen LogP contribution in [0.5, 0.6) is 0 Å². The van der Waals surface area contributed by atoms with Crippen LogP contribution in [-0.4, -0.2) is 58.3 Å². The van der Waals surface area contributed by atoms with Gasteiger partial charge in [-0.3, -0.25) is 4.79 Å². The summed E-state index contributed by atoms with van der Waals surface area (Å²) in [6, 6.07) is 9.90. The summed E-state index contributed by atoms with van der Waals surface area (Å²) in [5, 5.41) is 17.1. The lowest BCUT2D eigenvalue weighted by molar-refractivity contribution is 0.0697. The number of aromatic nitrogens is 2. The van der Waals surface area contributed by atoms with Gasteiger partial charge in [0.25, 0.3) is 5.91 Å². The smallest absolute Gasteiger partial charge is 0.335 e. The average molecular weight is 326 g/mol. The highest BCUT2D eigenvalue weighted by Gasteiger charge is 2.21. The predicted molar refractivity (Wildman–Crippen MR) is 88.2 cm³/mol. The van der Waals surface area contributed by atoms with Crippen molar-refractivity contribution in [2.75, 3.05) is 31.1 Å². The third-order valence-corrected chi connectivity index (χ3v) is 4.02. The first-order valence-corrected chi connectivity index (χ1v) is 7.80. The molecule has 0 saturated carbocycles. The highest BCUT2D eigenvalue weighted by molar-refractivity contribution is 5.97. The fourth-order valence-corrected chi connectivity index (χ4v) is 2.78. The molecule has 1 amide bonds. The van der Waals surface area contributed by atoms with Gasteiger partial charge >= 0.3 is 5.97 Å². The van der Waals surface area contributed by atoms with Crippen LogP contribution in [0.2, 0.25) is 0 Å². The summed E-state index contributed by atoms with van der Waals surface area (Å²) < 4.78 is 0. The summed E-state index contributed by atoms with van der Waals surface area (Å²) in [7, 11) is 0. The molecule has 0 atom stereocenters. The van der Waals surface area contributed by atoms with Crippen LogP contribution in [-0.2, 0) is 0 Å². The van der Waals surface area contributed by atoms with E-state index in [0.717, 1.165) is 18.8 Å². The van der Waals surface area contributed by atoms with E-state index in [9.17, 15) is 9.59 Å². The van der Waals surface area contributed by atoms with Gasteiger partial charge in [-0.2, -0.15) is 5.10 Å². The molecule has 1 aliphatic rings. The molecule has 1 aliphatic heterocycles.